The maximum atomic E-state index is 5.67. The van der Waals surface area contributed by atoms with Gasteiger partial charge in [-0.1, -0.05) is 42.1 Å². The summed E-state index contributed by atoms with van der Waals surface area (Å²) >= 11 is 1.81. The van der Waals surface area contributed by atoms with E-state index >= 15 is 0 Å². The van der Waals surface area contributed by atoms with Gasteiger partial charge < -0.3 is 10.1 Å². The number of thioether (sulfide) groups is 1. The number of nitrogens with one attached hydrogen (secondary N) is 1. The average Bonchev–Trinajstić information content (AvgIpc) is 2.85. The first-order chi connectivity index (χ1) is 9.59. The molecule has 1 N–H and O–H groups in total. The van der Waals surface area contributed by atoms with Crippen molar-refractivity contribution in [2.24, 2.45) is 4.99 Å². The SMILES string of the molecule is CCOC(C)(C)CN=C1NC(Cc2ccccc2)CS1. The van der Waals surface area contributed by atoms with E-state index in [9.17, 15) is 0 Å². The van der Waals surface area contributed by atoms with Crippen molar-refractivity contribution in [2.75, 3.05) is 18.9 Å². The highest BCUT2D eigenvalue weighted by atomic mass is 32.2. The minimum absolute atomic E-state index is 0.179. The van der Waals surface area contributed by atoms with Gasteiger partial charge in [0.15, 0.2) is 5.17 Å². The van der Waals surface area contributed by atoms with Crippen LogP contribution in [0.3, 0.4) is 0 Å². The monoisotopic (exact) mass is 292 g/mol. The van der Waals surface area contributed by atoms with E-state index in [1.165, 1.54) is 5.56 Å². The van der Waals surface area contributed by atoms with Crippen LogP contribution < -0.4 is 5.32 Å². The Hall–Kier alpha value is -1.00. The van der Waals surface area contributed by atoms with E-state index in [0.717, 1.165) is 23.9 Å². The molecule has 0 saturated carbocycles. The summed E-state index contributed by atoms with van der Waals surface area (Å²) in [6.07, 6.45) is 1.06. The van der Waals surface area contributed by atoms with Gasteiger partial charge in [0.25, 0.3) is 0 Å². The normalized spacial score (nSPS) is 21.1. The van der Waals surface area contributed by atoms with Gasteiger partial charge in [-0.25, -0.2) is 0 Å². The molecule has 1 unspecified atom stereocenters. The summed E-state index contributed by atoms with van der Waals surface area (Å²) < 4.78 is 5.67. The van der Waals surface area contributed by atoms with Crippen molar-refractivity contribution in [3.63, 3.8) is 0 Å². The van der Waals surface area contributed by atoms with Crippen molar-refractivity contribution in [1.82, 2.24) is 5.32 Å². The van der Waals surface area contributed by atoms with Crippen molar-refractivity contribution in [2.45, 2.75) is 38.8 Å². The van der Waals surface area contributed by atoms with E-state index in [2.05, 4.69) is 54.5 Å². The number of ether oxygens (including phenoxy) is 1. The second-order valence-electron chi connectivity index (χ2n) is 5.66. The Kier molecular flexibility index (Phi) is 5.49. The molecular formula is C16H24N2OS. The smallest absolute Gasteiger partial charge is 0.156 e. The van der Waals surface area contributed by atoms with Crippen LogP contribution in [0.4, 0.5) is 0 Å². The molecule has 1 aliphatic rings. The fraction of sp³-hybridized carbons (Fsp3) is 0.562. The van der Waals surface area contributed by atoms with E-state index in [-0.39, 0.29) is 5.60 Å². The Morgan fingerprint density at radius 1 is 1.35 bits per heavy atom. The number of rotatable bonds is 6. The van der Waals surface area contributed by atoms with Gasteiger partial charge in [-0.3, -0.25) is 4.99 Å². The summed E-state index contributed by atoms with van der Waals surface area (Å²) in [6, 6.07) is 11.1. The molecule has 1 fully saturated rings. The van der Waals surface area contributed by atoms with Crippen LogP contribution in [0, 0.1) is 0 Å². The number of hydrogen-bond donors (Lipinski definition) is 1. The van der Waals surface area contributed by atoms with Gasteiger partial charge in [0.1, 0.15) is 0 Å². The Morgan fingerprint density at radius 3 is 2.80 bits per heavy atom. The second kappa shape index (κ2) is 7.14. The van der Waals surface area contributed by atoms with Crippen LogP contribution >= 0.6 is 11.8 Å². The van der Waals surface area contributed by atoms with Crippen molar-refractivity contribution in [3.8, 4) is 0 Å². The van der Waals surface area contributed by atoms with E-state index in [1.807, 2.05) is 18.7 Å². The van der Waals surface area contributed by atoms with Gasteiger partial charge in [0.2, 0.25) is 0 Å². The molecule has 0 spiro atoms. The standard InChI is InChI=1S/C16H24N2OS/c1-4-19-16(2,3)12-17-15-18-14(11-20-15)10-13-8-6-5-7-9-13/h5-9,14H,4,10-12H2,1-3H3,(H,17,18). The van der Waals surface area contributed by atoms with Gasteiger partial charge in [0, 0.05) is 18.4 Å². The molecule has 1 heterocycles. The predicted octanol–water partition coefficient (Wildman–Crippen LogP) is 3.11. The highest BCUT2D eigenvalue weighted by Crippen LogP contribution is 2.18. The summed E-state index contributed by atoms with van der Waals surface area (Å²) in [5, 5.41) is 4.57. The van der Waals surface area contributed by atoms with Gasteiger partial charge in [0.05, 0.1) is 12.1 Å². The van der Waals surface area contributed by atoms with E-state index in [0.29, 0.717) is 12.6 Å². The lowest BCUT2D eigenvalue weighted by Gasteiger charge is -2.22. The molecule has 0 bridgehead atoms. The third-order valence-corrected chi connectivity index (χ3v) is 4.30. The topological polar surface area (TPSA) is 33.6 Å². The Bertz CT molecular complexity index is 445. The first kappa shape index (κ1) is 15.4. The number of benzene rings is 1. The zero-order chi connectivity index (χ0) is 14.4. The van der Waals surface area contributed by atoms with Crippen LogP contribution in [0.5, 0.6) is 0 Å². The molecular weight excluding hydrogens is 268 g/mol. The van der Waals surface area contributed by atoms with Gasteiger partial charge >= 0.3 is 0 Å². The van der Waals surface area contributed by atoms with Crippen molar-refractivity contribution in [1.29, 1.82) is 0 Å². The van der Waals surface area contributed by atoms with Crippen molar-refractivity contribution in [3.05, 3.63) is 35.9 Å². The summed E-state index contributed by atoms with van der Waals surface area (Å²) in [5.74, 6) is 1.09. The maximum absolute atomic E-state index is 5.67. The zero-order valence-corrected chi connectivity index (χ0v) is 13.4. The van der Waals surface area contributed by atoms with Crippen LogP contribution in [0.2, 0.25) is 0 Å². The summed E-state index contributed by atoms with van der Waals surface area (Å²) in [6.45, 7) is 7.62. The number of aliphatic imine (C=N–C) groups is 1. The lowest BCUT2D eigenvalue weighted by atomic mass is 10.1. The molecule has 1 aromatic carbocycles. The summed E-state index contributed by atoms with van der Waals surface area (Å²) in [5.41, 5.74) is 1.20. The highest BCUT2D eigenvalue weighted by Gasteiger charge is 2.22. The lowest BCUT2D eigenvalue weighted by Crippen LogP contribution is -2.32. The number of hydrogen-bond acceptors (Lipinski definition) is 3. The van der Waals surface area contributed by atoms with Gasteiger partial charge in [-0.15, -0.1) is 0 Å². The molecule has 2 rings (SSSR count). The molecule has 110 valence electrons. The number of nitrogens with zero attached hydrogens (tertiary/aromatic N) is 1. The first-order valence-corrected chi connectivity index (χ1v) is 8.19. The molecule has 1 aliphatic heterocycles. The van der Waals surface area contributed by atoms with Gasteiger partial charge in [-0.2, -0.15) is 0 Å². The summed E-state index contributed by atoms with van der Waals surface area (Å²) in [4.78, 5) is 4.65. The summed E-state index contributed by atoms with van der Waals surface area (Å²) in [7, 11) is 0. The minimum Gasteiger partial charge on any atom is -0.374 e. The van der Waals surface area contributed by atoms with Crippen LogP contribution in [-0.2, 0) is 11.2 Å². The molecule has 0 aliphatic carbocycles. The Balaban J connectivity index is 1.83. The Morgan fingerprint density at radius 2 is 2.10 bits per heavy atom. The van der Waals surface area contributed by atoms with Crippen LogP contribution in [0.15, 0.2) is 35.3 Å². The molecule has 0 amide bonds. The highest BCUT2D eigenvalue weighted by molar-refractivity contribution is 8.14. The fourth-order valence-corrected chi connectivity index (χ4v) is 3.20. The first-order valence-electron chi connectivity index (χ1n) is 7.21. The largest absolute Gasteiger partial charge is 0.374 e. The van der Waals surface area contributed by atoms with Crippen LogP contribution in [-0.4, -0.2) is 35.7 Å². The quantitative estimate of drug-likeness (QED) is 0.874. The third kappa shape index (κ3) is 4.84. The molecule has 4 heteroatoms. The van der Waals surface area contributed by atoms with E-state index in [1.54, 1.807) is 0 Å². The van der Waals surface area contributed by atoms with Crippen molar-refractivity contribution >= 4 is 16.9 Å². The molecule has 3 nitrogen and oxygen atoms in total. The predicted molar refractivity (Wildman–Crippen MR) is 87.5 cm³/mol. The molecule has 0 radical (unpaired) electrons. The maximum Gasteiger partial charge on any atom is 0.156 e. The van der Waals surface area contributed by atoms with E-state index < -0.39 is 0 Å². The van der Waals surface area contributed by atoms with Crippen molar-refractivity contribution < 1.29 is 4.74 Å². The fourth-order valence-electron chi connectivity index (χ4n) is 2.24. The lowest BCUT2D eigenvalue weighted by molar-refractivity contribution is -0.00208. The van der Waals surface area contributed by atoms with Gasteiger partial charge in [-0.05, 0) is 32.8 Å². The van der Waals surface area contributed by atoms with Crippen LogP contribution in [0.1, 0.15) is 26.3 Å². The minimum atomic E-state index is -0.179. The van der Waals surface area contributed by atoms with E-state index in [4.69, 9.17) is 4.74 Å². The number of amidine groups is 1. The average molecular weight is 292 g/mol. The molecule has 20 heavy (non-hydrogen) atoms. The zero-order valence-electron chi connectivity index (χ0n) is 12.6. The van der Waals surface area contributed by atoms with Crippen LogP contribution in [0.25, 0.3) is 0 Å². The molecule has 0 aromatic heterocycles. The Labute approximate surface area is 126 Å². The second-order valence-corrected chi connectivity index (χ2v) is 6.66. The molecule has 1 aromatic rings. The molecule has 1 atom stereocenters. The molecule has 1 saturated heterocycles. The third-order valence-electron chi connectivity index (χ3n) is 3.21.